The number of benzene rings is 1. The maximum absolute atomic E-state index is 12.5. The van der Waals surface area contributed by atoms with Crippen LogP contribution in [0.5, 0.6) is 0 Å². The summed E-state index contributed by atoms with van der Waals surface area (Å²) in [5.74, 6) is -0.0585. The van der Waals surface area contributed by atoms with Crippen molar-refractivity contribution in [3.05, 3.63) is 29.8 Å². The van der Waals surface area contributed by atoms with E-state index in [0.717, 1.165) is 5.69 Å². The molecule has 2 unspecified atom stereocenters. The summed E-state index contributed by atoms with van der Waals surface area (Å²) in [6.07, 6.45) is 0.187. The molecule has 1 amide bonds. The molecule has 0 saturated carbocycles. The summed E-state index contributed by atoms with van der Waals surface area (Å²) in [5, 5.41) is 17.7. The number of carbonyl (C=O) groups excluding carboxylic acids is 1. The van der Waals surface area contributed by atoms with Crippen molar-refractivity contribution in [3.63, 3.8) is 0 Å². The summed E-state index contributed by atoms with van der Waals surface area (Å²) in [6.45, 7) is 2.62. The van der Waals surface area contributed by atoms with E-state index in [1.165, 1.54) is 0 Å². The molecule has 1 aromatic carbocycles. The smallest absolute Gasteiger partial charge is 0.245 e. The maximum Gasteiger partial charge on any atom is 0.245 e. The van der Waals surface area contributed by atoms with Gasteiger partial charge >= 0.3 is 0 Å². The van der Waals surface area contributed by atoms with Crippen LogP contribution in [0.4, 0.5) is 5.69 Å². The lowest BCUT2D eigenvalue weighted by atomic mass is 10.0. The zero-order valence-electron chi connectivity index (χ0n) is 11.6. The molecule has 1 fully saturated rings. The lowest BCUT2D eigenvalue weighted by Crippen LogP contribution is -2.59. The first-order valence-corrected chi connectivity index (χ1v) is 6.49. The molecular weight excluding hydrogens is 252 g/mol. The molecule has 1 aliphatic heterocycles. The van der Waals surface area contributed by atoms with Crippen LogP contribution < -0.4 is 4.90 Å². The lowest BCUT2D eigenvalue weighted by Gasteiger charge is -2.42. The van der Waals surface area contributed by atoms with Gasteiger partial charge in [0.15, 0.2) is 0 Å². The SMILES string of the molecule is CC1CN(c2ccc(C#N)cc2)C(=O)C(CC#N)N1C. The van der Waals surface area contributed by atoms with Crippen molar-refractivity contribution in [2.24, 2.45) is 0 Å². The number of hydrogen-bond acceptors (Lipinski definition) is 4. The number of rotatable bonds is 2. The minimum Gasteiger partial charge on any atom is -0.309 e. The van der Waals surface area contributed by atoms with Gasteiger partial charge in [-0.15, -0.1) is 0 Å². The number of hydrogen-bond donors (Lipinski definition) is 0. The highest BCUT2D eigenvalue weighted by Crippen LogP contribution is 2.24. The molecule has 0 aromatic heterocycles. The summed E-state index contributed by atoms with van der Waals surface area (Å²) in [7, 11) is 1.88. The van der Waals surface area contributed by atoms with Gasteiger partial charge in [-0.2, -0.15) is 10.5 Å². The highest BCUT2D eigenvalue weighted by atomic mass is 16.2. The van der Waals surface area contributed by atoms with Crippen LogP contribution in [0.15, 0.2) is 24.3 Å². The molecule has 20 heavy (non-hydrogen) atoms. The van der Waals surface area contributed by atoms with Gasteiger partial charge in [0.2, 0.25) is 5.91 Å². The molecule has 2 atom stereocenters. The molecule has 1 heterocycles. The largest absolute Gasteiger partial charge is 0.309 e. The number of amides is 1. The van der Waals surface area contributed by atoms with Gasteiger partial charge in [-0.05, 0) is 38.2 Å². The summed E-state index contributed by atoms with van der Waals surface area (Å²) in [6, 6.07) is 10.9. The zero-order chi connectivity index (χ0) is 14.7. The van der Waals surface area contributed by atoms with E-state index >= 15 is 0 Å². The van der Waals surface area contributed by atoms with Gasteiger partial charge in [0, 0.05) is 18.3 Å². The van der Waals surface area contributed by atoms with Crippen molar-refractivity contribution in [2.75, 3.05) is 18.5 Å². The molecule has 1 aliphatic rings. The van der Waals surface area contributed by atoms with Crippen LogP contribution >= 0.6 is 0 Å². The molecule has 0 spiro atoms. The number of likely N-dealkylation sites (N-methyl/N-ethyl adjacent to an activating group) is 1. The van der Waals surface area contributed by atoms with Gasteiger partial charge in [-0.1, -0.05) is 0 Å². The Balaban J connectivity index is 2.29. The molecule has 1 saturated heterocycles. The standard InChI is InChI=1S/C15H16N4O/c1-11-10-19(13-5-3-12(9-17)4-6-13)15(20)14(7-8-16)18(11)2/h3-6,11,14H,7,10H2,1-2H3. The molecule has 0 radical (unpaired) electrons. The van der Waals surface area contributed by atoms with Crippen molar-refractivity contribution in [3.8, 4) is 12.1 Å². The lowest BCUT2D eigenvalue weighted by molar-refractivity contribution is -0.126. The molecule has 0 N–H and O–H groups in total. The van der Waals surface area contributed by atoms with E-state index in [2.05, 4.69) is 12.1 Å². The Hall–Kier alpha value is -2.37. The van der Waals surface area contributed by atoms with Crippen LogP contribution in [0.3, 0.4) is 0 Å². The Morgan fingerprint density at radius 1 is 1.30 bits per heavy atom. The Kier molecular flexibility index (Phi) is 4.02. The fraction of sp³-hybridized carbons (Fsp3) is 0.400. The van der Waals surface area contributed by atoms with E-state index in [4.69, 9.17) is 10.5 Å². The highest BCUT2D eigenvalue weighted by molar-refractivity contribution is 5.98. The van der Waals surface area contributed by atoms with E-state index in [0.29, 0.717) is 12.1 Å². The van der Waals surface area contributed by atoms with Crippen molar-refractivity contribution >= 4 is 11.6 Å². The fourth-order valence-corrected chi connectivity index (χ4v) is 2.41. The number of nitriles is 2. The highest BCUT2D eigenvalue weighted by Gasteiger charge is 2.37. The van der Waals surface area contributed by atoms with E-state index in [1.807, 2.05) is 18.9 Å². The van der Waals surface area contributed by atoms with E-state index in [9.17, 15) is 4.79 Å². The van der Waals surface area contributed by atoms with Gasteiger partial charge in [-0.3, -0.25) is 9.69 Å². The topological polar surface area (TPSA) is 71.1 Å². The van der Waals surface area contributed by atoms with Crippen molar-refractivity contribution < 1.29 is 4.79 Å². The minimum atomic E-state index is -0.403. The second-order valence-corrected chi connectivity index (χ2v) is 5.00. The predicted molar refractivity (Wildman–Crippen MR) is 74.8 cm³/mol. The fourth-order valence-electron chi connectivity index (χ4n) is 2.41. The predicted octanol–water partition coefficient (Wildman–Crippen LogP) is 1.51. The number of piperazine rings is 1. The second kappa shape index (κ2) is 5.73. The molecule has 5 heteroatoms. The summed E-state index contributed by atoms with van der Waals surface area (Å²) in [4.78, 5) is 16.1. The summed E-state index contributed by atoms with van der Waals surface area (Å²) >= 11 is 0. The summed E-state index contributed by atoms with van der Waals surface area (Å²) < 4.78 is 0. The third-order valence-electron chi connectivity index (χ3n) is 3.78. The average molecular weight is 268 g/mol. The monoisotopic (exact) mass is 268 g/mol. The van der Waals surface area contributed by atoms with Crippen LogP contribution in [-0.2, 0) is 4.79 Å². The maximum atomic E-state index is 12.5. The third kappa shape index (κ3) is 2.49. The van der Waals surface area contributed by atoms with Crippen molar-refractivity contribution in [1.82, 2.24) is 4.90 Å². The van der Waals surface area contributed by atoms with Gasteiger partial charge in [-0.25, -0.2) is 0 Å². The van der Waals surface area contributed by atoms with Crippen LogP contribution in [0.25, 0.3) is 0 Å². The van der Waals surface area contributed by atoms with Crippen LogP contribution in [0, 0.1) is 22.7 Å². The van der Waals surface area contributed by atoms with Crippen LogP contribution in [-0.4, -0.2) is 36.5 Å². The molecular formula is C15H16N4O. The Morgan fingerprint density at radius 3 is 2.50 bits per heavy atom. The zero-order valence-corrected chi connectivity index (χ0v) is 11.6. The molecule has 2 rings (SSSR count). The van der Waals surface area contributed by atoms with Gasteiger partial charge in [0.1, 0.15) is 6.04 Å². The number of anilines is 1. The first-order chi connectivity index (χ1) is 9.58. The second-order valence-electron chi connectivity index (χ2n) is 5.00. The van der Waals surface area contributed by atoms with Crippen LogP contribution in [0.2, 0.25) is 0 Å². The molecule has 102 valence electrons. The quantitative estimate of drug-likeness (QED) is 0.815. The number of nitrogens with zero attached hydrogens (tertiary/aromatic N) is 4. The van der Waals surface area contributed by atoms with E-state index in [1.54, 1.807) is 29.2 Å². The van der Waals surface area contributed by atoms with Gasteiger partial charge in [0.05, 0.1) is 24.1 Å². The Labute approximate surface area is 118 Å². The molecule has 1 aromatic rings. The first-order valence-electron chi connectivity index (χ1n) is 6.49. The molecule has 0 bridgehead atoms. The van der Waals surface area contributed by atoms with Gasteiger partial charge in [0.25, 0.3) is 0 Å². The Morgan fingerprint density at radius 2 is 1.95 bits per heavy atom. The van der Waals surface area contributed by atoms with E-state index < -0.39 is 6.04 Å². The van der Waals surface area contributed by atoms with Crippen molar-refractivity contribution in [2.45, 2.75) is 25.4 Å². The Bertz CT molecular complexity index is 581. The third-order valence-corrected chi connectivity index (χ3v) is 3.78. The summed E-state index contributed by atoms with van der Waals surface area (Å²) in [5.41, 5.74) is 1.34. The average Bonchev–Trinajstić information content (AvgIpc) is 2.47. The minimum absolute atomic E-state index is 0.0585. The van der Waals surface area contributed by atoms with Gasteiger partial charge < -0.3 is 4.90 Å². The first kappa shape index (κ1) is 14.0. The molecule has 5 nitrogen and oxygen atoms in total. The normalized spacial score (nSPS) is 23.2. The van der Waals surface area contributed by atoms with Crippen molar-refractivity contribution in [1.29, 1.82) is 10.5 Å². The molecule has 0 aliphatic carbocycles. The number of carbonyl (C=O) groups is 1. The van der Waals surface area contributed by atoms with Crippen LogP contribution in [0.1, 0.15) is 18.9 Å². The van der Waals surface area contributed by atoms with E-state index in [-0.39, 0.29) is 18.4 Å².